The van der Waals surface area contributed by atoms with Crippen LogP contribution >= 0.6 is 0 Å². The Bertz CT molecular complexity index is 1310. The quantitative estimate of drug-likeness (QED) is 0.0399. The van der Waals surface area contributed by atoms with Crippen LogP contribution in [0.15, 0.2) is 91.0 Å². The second-order valence-electron chi connectivity index (χ2n) is 14.2. The van der Waals surface area contributed by atoms with Gasteiger partial charge in [-0.15, -0.1) is 0 Å². The number of unbranched alkanes of at least 4 members (excludes halogenated alkanes) is 12. The van der Waals surface area contributed by atoms with Crippen LogP contribution in [-0.2, 0) is 24.5 Å². The molecule has 1 unspecified atom stereocenters. The molecule has 314 valence electrons. The lowest BCUT2D eigenvalue weighted by molar-refractivity contribution is -0.355. The number of halogens is 7. The van der Waals surface area contributed by atoms with Gasteiger partial charge in [0.2, 0.25) is 0 Å². The molecule has 0 radical (unpaired) electrons. The first-order valence-electron chi connectivity index (χ1n) is 20.0. The Morgan fingerprint density at radius 3 is 1.21 bits per heavy atom. The van der Waals surface area contributed by atoms with Crippen LogP contribution in [0.3, 0.4) is 0 Å². The van der Waals surface area contributed by atoms with Crippen LogP contribution in [0, 0.1) is 0 Å². The van der Waals surface area contributed by atoms with E-state index in [0.717, 1.165) is 80.9 Å². The average Bonchev–Trinajstić information content (AvgIpc) is 3.19. The highest BCUT2D eigenvalue weighted by Crippen LogP contribution is 2.48. The molecule has 1 atom stereocenters. The van der Waals surface area contributed by atoms with Crippen LogP contribution in [0.5, 0.6) is 0 Å². The fourth-order valence-electron chi connectivity index (χ4n) is 6.59. The highest BCUT2D eigenvalue weighted by atomic mass is 19.4. The van der Waals surface area contributed by atoms with Gasteiger partial charge in [-0.3, -0.25) is 0 Å². The number of hydrogen-bond acceptors (Lipinski definition) is 5. The molecular weight excluding hydrogens is 741 g/mol. The van der Waals surface area contributed by atoms with Gasteiger partial charge in [-0.25, -0.2) is 0 Å². The minimum atomic E-state index is -6.25. The minimum absolute atomic E-state index is 0.158. The van der Waals surface area contributed by atoms with E-state index in [2.05, 4.69) is 36.4 Å². The summed E-state index contributed by atoms with van der Waals surface area (Å²) in [4.78, 5) is 0. The van der Waals surface area contributed by atoms with Crippen molar-refractivity contribution in [1.29, 1.82) is 0 Å². The van der Waals surface area contributed by atoms with Crippen LogP contribution in [0.25, 0.3) is 0 Å². The van der Waals surface area contributed by atoms with E-state index in [4.69, 9.17) is 18.9 Å². The van der Waals surface area contributed by atoms with Crippen LogP contribution in [0.1, 0.15) is 107 Å². The van der Waals surface area contributed by atoms with Crippen molar-refractivity contribution >= 4 is 0 Å². The molecule has 3 rings (SSSR count). The first-order valence-corrected chi connectivity index (χ1v) is 20.0. The summed E-state index contributed by atoms with van der Waals surface area (Å²) < 4.78 is 113. The van der Waals surface area contributed by atoms with E-state index in [-0.39, 0.29) is 26.1 Å². The third-order valence-electron chi connectivity index (χ3n) is 9.67. The van der Waals surface area contributed by atoms with E-state index >= 15 is 0 Å². The van der Waals surface area contributed by atoms with Crippen LogP contribution in [-0.4, -0.2) is 75.5 Å². The van der Waals surface area contributed by atoms with Crippen molar-refractivity contribution in [3.8, 4) is 0 Å². The Morgan fingerprint density at radius 1 is 0.429 bits per heavy atom. The van der Waals surface area contributed by atoms with Crippen LogP contribution in [0.2, 0.25) is 0 Å². The molecule has 0 aromatic heterocycles. The van der Waals surface area contributed by atoms with Gasteiger partial charge in [0.1, 0.15) is 11.7 Å². The molecule has 0 saturated carbocycles. The van der Waals surface area contributed by atoms with Gasteiger partial charge in [0.05, 0.1) is 39.6 Å². The summed E-state index contributed by atoms with van der Waals surface area (Å²) in [7, 11) is 0. The third kappa shape index (κ3) is 15.7. The van der Waals surface area contributed by atoms with Gasteiger partial charge in [-0.1, -0.05) is 162 Å². The topological polar surface area (TPSA) is 57.2 Å². The Hall–Kier alpha value is -3.03. The Morgan fingerprint density at radius 2 is 0.786 bits per heavy atom. The van der Waals surface area contributed by atoms with Gasteiger partial charge in [-0.05, 0) is 29.5 Å². The smallest absolute Gasteiger partial charge is 0.388 e. The largest absolute Gasteiger partial charge is 0.459 e. The van der Waals surface area contributed by atoms with Gasteiger partial charge in [0, 0.05) is 13.0 Å². The monoisotopic (exact) mass is 800 g/mol. The molecule has 0 saturated heterocycles. The molecule has 0 heterocycles. The van der Waals surface area contributed by atoms with Crippen molar-refractivity contribution in [3.63, 3.8) is 0 Å². The molecule has 0 fully saturated rings. The van der Waals surface area contributed by atoms with Crippen molar-refractivity contribution in [2.75, 3.05) is 46.2 Å². The summed E-state index contributed by atoms with van der Waals surface area (Å²) in [6.07, 6.45) is 1.89. The maximum absolute atomic E-state index is 13.3. The second-order valence-corrected chi connectivity index (χ2v) is 14.2. The number of ether oxygens (including phenoxy) is 4. The molecule has 5 nitrogen and oxygen atoms in total. The summed E-state index contributed by atoms with van der Waals surface area (Å²) in [5.41, 5.74) is 2.28. The molecule has 0 amide bonds. The van der Waals surface area contributed by atoms with Gasteiger partial charge >= 0.3 is 18.0 Å². The maximum Gasteiger partial charge on any atom is 0.459 e. The second kappa shape index (κ2) is 25.4. The number of rotatable bonds is 31. The highest BCUT2D eigenvalue weighted by Gasteiger charge is 2.72. The van der Waals surface area contributed by atoms with E-state index < -0.39 is 36.1 Å². The van der Waals surface area contributed by atoms with Gasteiger partial charge in [0.15, 0.2) is 0 Å². The lowest BCUT2D eigenvalue weighted by Gasteiger charge is -2.36. The van der Waals surface area contributed by atoms with E-state index in [1.54, 1.807) is 0 Å². The first-order chi connectivity index (χ1) is 26.9. The van der Waals surface area contributed by atoms with Crippen molar-refractivity contribution in [1.82, 2.24) is 0 Å². The number of hydrogen-bond donors (Lipinski definition) is 1. The highest BCUT2D eigenvalue weighted by molar-refractivity contribution is 5.47. The van der Waals surface area contributed by atoms with Crippen molar-refractivity contribution < 1.29 is 54.8 Å². The Kier molecular flexibility index (Phi) is 21.4. The van der Waals surface area contributed by atoms with E-state index in [1.165, 1.54) is 0 Å². The van der Waals surface area contributed by atoms with E-state index in [9.17, 15) is 35.8 Å². The molecule has 56 heavy (non-hydrogen) atoms. The van der Waals surface area contributed by atoms with Crippen LogP contribution < -0.4 is 0 Å². The molecule has 3 aromatic carbocycles. The molecule has 1 N–H and O–H groups in total. The molecule has 3 aromatic rings. The maximum atomic E-state index is 13.3. The summed E-state index contributed by atoms with van der Waals surface area (Å²) in [5.74, 6) is -11.1. The zero-order chi connectivity index (χ0) is 40.6. The molecule has 0 spiro atoms. The lowest BCUT2D eigenvalue weighted by atomic mass is 9.80. The summed E-state index contributed by atoms with van der Waals surface area (Å²) in [6.45, 7) is 2.36. The van der Waals surface area contributed by atoms with Gasteiger partial charge in [0.25, 0.3) is 0 Å². The Labute approximate surface area is 327 Å². The van der Waals surface area contributed by atoms with Crippen molar-refractivity contribution in [2.24, 2.45) is 0 Å². The third-order valence-corrected chi connectivity index (χ3v) is 9.67. The zero-order valence-corrected chi connectivity index (χ0v) is 32.3. The van der Waals surface area contributed by atoms with Crippen molar-refractivity contribution in [3.05, 3.63) is 108 Å². The lowest BCUT2D eigenvalue weighted by Crippen LogP contribution is -2.51. The molecule has 0 aliphatic carbocycles. The zero-order valence-electron chi connectivity index (χ0n) is 32.3. The van der Waals surface area contributed by atoms with E-state index in [0.29, 0.717) is 39.5 Å². The number of aliphatic hydroxyl groups is 1. The number of benzene rings is 3. The van der Waals surface area contributed by atoms with Crippen molar-refractivity contribution in [2.45, 2.75) is 120 Å². The fraction of sp³-hybridized carbons (Fsp3) is 0.591. The standard InChI is InChI=1S/C44H59F7O5/c45-41(46,43(47,48)44(49,50)51)29-21-10-8-6-4-2-1-3-5-7-9-11-22-30-54-35-40(52)36-55-32-31-53-33-34-56-42(37-23-15-12-16-24-37,38-25-17-13-18-26-38)39-27-19-14-20-28-39/h12-20,23-28,40,52H,1-11,21-22,29-36H2. The summed E-state index contributed by atoms with van der Waals surface area (Å²) in [6, 6.07) is 30.5. The SMILES string of the molecule is OC(COCCCCCCCCCCCCCCCC(F)(F)C(F)(F)C(F)(F)F)COCCOCCOC(c1ccccc1)(c1ccccc1)c1ccccc1. The summed E-state index contributed by atoms with van der Waals surface area (Å²) in [5, 5.41) is 10.2. The molecule has 0 aliphatic heterocycles. The molecule has 12 heteroatoms. The predicted octanol–water partition coefficient (Wildman–Crippen LogP) is 11.7. The predicted molar refractivity (Wildman–Crippen MR) is 204 cm³/mol. The molecular formula is C44H59F7O5. The number of aliphatic hydroxyl groups excluding tert-OH is 1. The minimum Gasteiger partial charge on any atom is -0.388 e. The Balaban J connectivity index is 1.13. The van der Waals surface area contributed by atoms with Crippen LogP contribution in [0.4, 0.5) is 30.7 Å². The van der Waals surface area contributed by atoms with Gasteiger partial charge < -0.3 is 24.1 Å². The summed E-state index contributed by atoms with van der Waals surface area (Å²) >= 11 is 0. The normalized spacial score (nSPS) is 13.3. The first kappa shape index (κ1) is 47.3. The number of alkyl halides is 7. The van der Waals surface area contributed by atoms with Gasteiger partial charge in [-0.2, -0.15) is 30.7 Å². The van der Waals surface area contributed by atoms with E-state index in [1.807, 2.05) is 54.6 Å². The molecule has 0 bridgehead atoms. The molecule has 0 aliphatic rings. The fourth-order valence-corrected chi connectivity index (χ4v) is 6.59. The average molecular weight is 801 g/mol.